The van der Waals surface area contributed by atoms with Gasteiger partial charge in [-0.2, -0.15) is 4.98 Å². The van der Waals surface area contributed by atoms with Crippen LogP contribution < -0.4 is 20.7 Å². The van der Waals surface area contributed by atoms with E-state index in [4.69, 9.17) is 4.74 Å². The molecule has 1 aromatic heterocycles. The number of methoxy groups -OCH3 is 1. The summed E-state index contributed by atoms with van der Waals surface area (Å²) in [4.78, 5) is 20.7. The summed E-state index contributed by atoms with van der Waals surface area (Å²) >= 11 is 0. The Kier molecular flexibility index (Phi) is 5.88. The minimum Gasteiger partial charge on any atom is -0.497 e. The SMILES string of the molecule is COc1ccc(Nc2cc(C)nc(NCCNC(=O)C3CCC3)n2)cc1. The number of nitrogens with zero attached hydrogens (tertiary/aromatic N) is 2. The van der Waals surface area contributed by atoms with Crippen molar-refractivity contribution in [3.05, 3.63) is 36.0 Å². The molecule has 0 atom stereocenters. The Morgan fingerprint density at radius 1 is 1.19 bits per heavy atom. The molecule has 1 fully saturated rings. The van der Waals surface area contributed by atoms with Gasteiger partial charge in [-0.1, -0.05) is 6.42 Å². The number of anilines is 3. The first-order valence-corrected chi connectivity index (χ1v) is 8.92. The molecule has 1 amide bonds. The van der Waals surface area contributed by atoms with Crippen molar-refractivity contribution in [2.24, 2.45) is 5.92 Å². The van der Waals surface area contributed by atoms with Gasteiger partial charge in [-0.15, -0.1) is 0 Å². The van der Waals surface area contributed by atoms with Crippen LogP contribution in [-0.2, 0) is 4.79 Å². The second-order valence-corrected chi connectivity index (χ2v) is 6.42. The van der Waals surface area contributed by atoms with Gasteiger partial charge < -0.3 is 20.7 Å². The molecule has 1 aliphatic carbocycles. The topological polar surface area (TPSA) is 88.2 Å². The van der Waals surface area contributed by atoms with Crippen molar-refractivity contribution in [2.45, 2.75) is 26.2 Å². The van der Waals surface area contributed by atoms with Crippen LogP contribution in [0.15, 0.2) is 30.3 Å². The molecule has 0 aliphatic heterocycles. The van der Waals surface area contributed by atoms with Crippen LogP contribution in [0.2, 0.25) is 0 Å². The van der Waals surface area contributed by atoms with E-state index in [1.807, 2.05) is 37.3 Å². The van der Waals surface area contributed by atoms with E-state index in [-0.39, 0.29) is 11.8 Å². The molecule has 7 nitrogen and oxygen atoms in total. The number of benzene rings is 1. The minimum atomic E-state index is 0.157. The van der Waals surface area contributed by atoms with Gasteiger partial charge in [0.2, 0.25) is 11.9 Å². The number of ether oxygens (including phenoxy) is 1. The predicted octanol–water partition coefficient (Wildman–Crippen LogP) is 2.87. The molecule has 0 unspecified atom stereocenters. The number of aromatic nitrogens is 2. The Morgan fingerprint density at radius 2 is 1.96 bits per heavy atom. The maximum absolute atomic E-state index is 11.8. The predicted molar refractivity (Wildman–Crippen MR) is 102 cm³/mol. The molecule has 0 spiro atoms. The molecule has 0 saturated heterocycles. The second-order valence-electron chi connectivity index (χ2n) is 6.42. The zero-order valence-corrected chi connectivity index (χ0v) is 15.2. The van der Waals surface area contributed by atoms with Crippen LogP contribution in [0, 0.1) is 12.8 Å². The van der Waals surface area contributed by atoms with E-state index in [1.165, 1.54) is 0 Å². The summed E-state index contributed by atoms with van der Waals surface area (Å²) in [6.45, 7) is 3.07. The number of hydrogen-bond donors (Lipinski definition) is 3. The highest BCUT2D eigenvalue weighted by Crippen LogP contribution is 2.26. The van der Waals surface area contributed by atoms with Crippen molar-refractivity contribution in [1.82, 2.24) is 15.3 Å². The highest BCUT2D eigenvalue weighted by molar-refractivity contribution is 5.79. The Labute approximate surface area is 153 Å². The molecule has 3 N–H and O–H groups in total. The van der Waals surface area contributed by atoms with Gasteiger partial charge in [0.15, 0.2) is 0 Å². The fourth-order valence-electron chi connectivity index (χ4n) is 2.71. The largest absolute Gasteiger partial charge is 0.497 e. The average Bonchev–Trinajstić information content (AvgIpc) is 2.57. The summed E-state index contributed by atoms with van der Waals surface area (Å²) in [7, 11) is 1.64. The quantitative estimate of drug-likeness (QED) is 0.631. The standard InChI is InChI=1S/C19H25N5O2/c1-13-12-17(23-15-6-8-16(26-2)9-7-15)24-19(22-13)21-11-10-20-18(25)14-4-3-5-14/h6-9,12,14H,3-5,10-11H2,1-2H3,(H,20,25)(H2,21,22,23,24). The highest BCUT2D eigenvalue weighted by Gasteiger charge is 2.24. The Bertz CT molecular complexity index is 744. The third-order valence-electron chi connectivity index (χ3n) is 4.40. The number of amides is 1. The van der Waals surface area contributed by atoms with Crippen molar-refractivity contribution in [3.63, 3.8) is 0 Å². The van der Waals surface area contributed by atoms with Gasteiger partial charge in [-0.3, -0.25) is 4.79 Å². The molecule has 7 heteroatoms. The number of aryl methyl sites for hydroxylation is 1. The summed E-state index contributed by atoms with van der Waals surface area (Å²) in [5.74, 6) is 2.43. The fraction of sp³-hybridized carbons (Fsp3) is 0.421. The van der Waals surface area contributed by atoms with Gasteiger partial charge in [0.25, 0.3) is 0 Å². The van der Waals surface area contributed by atoms with E-state index in [0.717, 1.165) is 36.4 Å². The molecular formula is C19H25N5O2. The molecule has 0 bridgehead atoms. The molecule has 0 radical (unpaired) electrons. The van der Waals surface area contributed by atoms with E-state index in [0.29, 0.717) is 24.9 Å². The third-order valence-corrected chi connectivity index (χ3v) is 4.40. The summed E-state index contributed by atoms with van der Waals surface area (Å²) in [6.07, 6.45) is 3.19. The van der Waals surface area contributed by atoms with Gasteiger partial charge in [-0.05, 0) is 44.0 Å². The van der Waals surface area contributed by atoms with Gasteiger partial charge in [0, 0.05) is 36.5 Å². The maximum Gasteiger partial charge on any atom is 0.224 e. The first-order chi connectivity index (χ1) is 12.6. The molecule has 3 rings (SSSR count). The van der Waals surface area contributed by atoms with Crippen LogP contribution in [0.5, 0.6) is 5.75 Å². The number of carbonyl (C=O) groups excluding carboxylic acids is 1. The van der Waals surface area contributed by atoms with E-state index >= 15 is 0 Å². The summed E-state index contributed by atoms with van der Waals surface area (Å²) in [5.41, 5.74) is 1.78. The lowest BCUT2D eigenvalue weighted by molar-refractivity contribution is -0.127. The smallest absolute Gasteiger partial charge is 0.224 e. The molecule has 138 valence electrons. The van der Waals surface area contributed by atoms with Crippen molar-refractivity contribution in [3.8, 4) is 5.75 Å². The molecule has 1 aromatic carbocycles. The number of rotatable bonds is 8. The summed E-state index contributed by atoms with van der Waals surface area (Å²) in [5, 5.41) is 9.37. The van der Waals surface area contributed by atoms with Crippen LogP contribution in [0.1, 0.15) is 25.0 Å². The fourth-order valence-corrected chi connectivity index (χ4v) is 2.71. The zero-order chi connectivity index (χ0) is 18.4. The molecule has 2 aromatic rings. The molecule has 1 saturated carbocycles. The van der Waals surface area contributed by atoms with E-state index in [2.05, 4.69) is 25.9 Å². The summed E-state index contributed by atoms with van der Waals surface area (Å²) < 4.78 is 5.16. The van der Waals surface area contributed by atoms with Crippen molar-refractivity contribution < 1.29 is 9.53 Å². The lowest BCUT2D eigenvalue weighted by atomic mass is 9.85. The van der Waals surface area contributed by atoms with E-state index in [1.54, 1.807) is 7.11 Å². The highest BCUT2D eigenvalue weighted by atomic mass is 16.5. The zero-order valence-electron chi connectivity index (χ0n) is 15.2. The average molecular weight is 355 g/mol. The lowest BCUT2D eigenvalue weighted by Gasteiger charge is -2.24. The minimum absolute atomic E-state index is 0.157. The number of hydrogen-bond acceptors (Lipinski definition) is 6. The van der Waals surface area contributed by atoms with Crippen molar-refractivity contribution in [2.75, 3.05) is 30.8 Å². The van der Waals surface area contributed by atoms with Crippen LogP contribution in [-0.4, -0.2) is 36.1 Å². The van der Waals surface area contributed by atoms with Crippen LogP contribution in [0.25, 0.3) is 0 Å². The maximum atomic E-state index is 11.8. The van der Waals surface area contributed by atoms with Gasteiger partial charge in [-0.25, -0.2) is 4.98 Å². The number of nitrogens with one attached hydrogen (secondary N) is 3. The molecule has 1 aliphatic rings. The van der Waals surface area contributed by atoms with Gasteiger partial charge in [0.05, 0.1) is 7.11 Å². The van der Waals surface area contributed by atoms with Crippen molar-refractivity contribution >= 4 is 23.4 Å². The molecule has 26 heavy (non-hydrogen) atoms. The second kappa shape index (κ2) is 8.51. The Hall–Kier alpha value is -2.83. The van der Waals surface area contributed by atoms with E-state index in [9.17, 15) is 4.79 Å². The lowest BCUT2D eigenvalue weighted by Crippen LogP contribution is -2.37. The van der Waals surface area contributed by atoms with Gasteiger partial charge >= 0.3 is 0 Å². The van der Waals surface area contributed by atoms with Crippen molar-refractivity contribution in [1.29, 1.82) is 0 Å². The van der Waals surface area contributed by atoms with Gasteiger partial charge in [0.1, 0.15) is 11.6 Å². The first-order valence-electron chi connectivity index (χ1n) is 8.92. The Balaban J connectivity index is 1.52. The molecular weight excluding hydrogens is 330 g/mol. The normalized spacial score (nSPS) is 13.6. The van der Waals surface area contributed by atoms with Crippen LogP contribution >= 0.6 is 0 Å². The molecule has 1 heterocycles. The first kappa shape index (κ1) is 18.0. The number of carbonyl (C=O) groups is 1. The Morgan fingerprint density at radius 3 is 2.62 bits per heavy atom. The monoisotopic (exact) mass is 355 g/mol. The van der Waals surface area contributed by atoms with Crippen LogP contribution in [0.4, 0.5) is 17.5 Å². The van der Waals surface area contributed by atoms with Crippen LogP contribution in [0.3, 0.4) is 0 Å². The summed E-state index contributed by atoms with van der Waals surface area (Å²) in [6, 6.07) is 9.52. The third kappa shape index (κ3) is 4.84. The van der Waals surface area contributed by atoms with E-state index < -0.39 is 0 Å².